The fraction of sp³-hybridized carbons (Fsp3) is 0.222. The molecule has 0 unspecified atom stereocenters. The van der Waals surface area contributed by atoms with Crippen LogP contribution in [0.1, 0.15) is 15.9 Å². The number of carbonyl (C=O) groups is 2. The Hall–Kier alpha value is -2.13. The van der Waals surface area contributed by atoms with Crippen molar-refractivity contribution in [1.29, 1.82) is 0 Å². The lowest BCUT2D eigenvalue weighted by atomic mass is 10.2. The highest BCUT2D eigenvalue weighted by atomic mass is 35.5. The molecule has 0 saturated carbocycles. The molecular formula is C18H19Cl2N3O4S. The summed E-state index contributed by atoms with van der Waals surface area (Å²) in [6.45, 7) is 1.52. The molecule has 0 aliphatic rings. The number of amides is 2. The van der Waals surface area contributed by atoms with Crippen molar-refractivity contribution in [2.24, 2.45) is 0 Å². The monoisotopic (exact) mass is 443 g/mol. The molecule has 28 heavy (non-hydrogen) atoms. The Morgan fingerprint density at radius 3 is 2.32 bits per heavy atom. The van der Waals surface area contributed by atoms with Gasteiger partial charge in [-0.05, 0) is 42.8 Å². The fourth-order valence-corrected chi connectivity index (χ4v) is 3.64. The van der Waals surface area contributed by atoms with E-state index >= 15 is 0 Å². The van der Waals surface area contributed by atoms with Gasteiger partial charge in [-0.1, -0.05) is 29.3 Å². The van der Waals surface area contributed by atoms with Gasteiger partial charge in [0.1, 0.15) is 0 Å². The second-order valence-corrected chi connectivity index (χ2v) is 9.11. The molecule has 7 nitrogen and oxygen atoms in total. The van der Waals surface area contributed by atoms with Gasteiger partial charge in [-0.2, -0.15) is 0 Å². The van der Waals surface area contributed by atoms with Crippen molar-refractivity contribution >= 4 is 50.7 Å². The number of hydrogen-bond acceptors (Lipinski definition) is 4. The average molecular weight is 444 g/mol. The molecule has 2 amide bonds. The van der Waals surface area contributed by atoms with E-state index in [2.05, 4.69) is 10.6 Å². The van der Waals surface area contributed by atoms with E-state index in [1.54, 1.807) is 18.2 Å². The first-order valence-electron chi connectivity index (χ1n) is 8.08. The van der Waals surface area contributed by atoms with E-state index in [1.807, 2.05) is 6.92 Å². The zero-order chi connectivity index (χ0) is 21.1. The van der Waals surface area contributed by atoms with Crippen LogP contribution in [0.25, 0.3) is 0 Å². The maximum atomic E-state index is 12.4. The van der Waals surface area contributed by atoms with E-state index in [-0.39, 0.29) is 22.0 Å². The topological polar surface area (TPSA) is 95.6 Å². The maximum Gasteiger partial charge on any atom is 0.253 e. The van der Waals surface area contributed by atoms with Gasteiger partial charge in [-0.15, -0.1) is 0 Å². The molecule has 2 aromatic rings. The van der Waals surface area contributed by atoms with Crippen molar-refractivity contribution < 1.29 is 18.0 Å². The number of carbonyl (C=O) groups excluding carboxylic acids is 2. The van der Waals surface area contributed by atoms with Gasteiger partial charge in [0.2, 0.25) is 15.9 Å². The molecule has 0 bridgehead atoms. The molecule has 2 rings (SSSR count). The van der Waals surface area contributed by atoms with Crippen LogP contribution in [0.4, 0.5) is 5.69 Å². The van der Waals surface area contributed by atoms with E-state index in [1.165, 1.54) is 32.3 Å². The molecule has 150 valence electrons. The Kier molecular flexibility index (Phi) is 7.06. The molecule has 2 N–H and O–H groups in total. The SMILES string of the molecule is Cc1ccc(NC(=O)CNC(=O)c2cc(S(=O)(=O)N(C)C)ccc2Cl)c(Cl)c1. The van der Waals surface area contributed by atoms with Gasteiger partial charge in [0.25, 0.3) is 5.91 Å². The third kappa shape index (κ3) is 5.23. The predicted molar refractivity (Wildman–Crippen MR) is 109 cm³/mol. The van der Waals surface area contributed by atoms with Crippen LogP contribution in [0.3, 0.4) is 0 Å². The highest BCUT2D eigenvalue weighted by molar-refractivity contribution is 7.89. The second kappa shape index (κ2) is 8.91. The molecule has 0 aromatic heterocycles. The second-order valence-electron chi connectivity index (χ2n) is 6.14. The standard InChI is InChI=1S/C18H19Cl2N3O4S/c1-11-4-7-16(15(20)8-11)22-17(24)10-21-18(25)13-9-12(5-6-14(13)19)28(26,27)23(2)3/h4-9H,10H2,1-3H3,(H,21,25)(H,22,24). The number of benzene rings is 2. The molecule has 0 fully saturated rings. The minimum Gasteiger partial charge on any atom is -0.343 e. The van der Waals surface area contributed by atoms with Crippen LogP contribution in [0.15, 0.2) is 41.3 Å². The summed E-state index contributed by atoms with van der Waals surface area (Å²) in [7, 11) is -0.971. The molecule has 0 saturated heterocycles. The number of halogens is 2. The highest BCUT2D eigenvalue weighted by Gasteiger charge is 2.21. The highest BCUT2D eigenvalue weighted by Crippen LogP contribution is 2.23. The first kappa shape index (κ1) is 22.2. The van der Waals surface area contributed by atoms with E-state index in [0.29, 0.717) is 10.7 Å². The van der Waals surface area contributed by atoms with Gasteiger partial charge in [-0.25, -0.2) is 12.7 Å². The van der Waals surface area contributed by atoms with Crippen molar-refractivity contribution in [3.63, 3.8) is 0 Å². The van der Waals surface area contributed by atoms with Crippen LogP contribution in [-0.4, -0.2) is 45.2 Å². The molecule has 0 aliphatic heterocycles. The smallest absolute Gasteiger partial charge is 0.253 e. The summed E-state index contributed by atoms with van der Waals surface area (Å²) in [6, 6.07) is 8.94. The van der Waals surface area contributed by atoms with Gasteiger partial charge in [0.05, 0.1) is 32.7 Å². The zero-order valence-electron chi connectivity index (χ0n) is 15.4. The van der Waals surface area contributed by atoms with E-state index in [4.69, 9.17) is 23.2 Å². The lowest BCUT2D eigenvalue weighted by Gasteiger charge is -2.13. The Morgan fingerprint density at radius 1 is 1.04 bits per heavy atom. The Morgan fingerprint density at radius 2 is 1.71 bits per heavy atom. The minimum absolute atomic E-state index is 0.0502. The predicted octanol–water partition coefficient (Wildman–Crippen LogP) is 2.92. The number of nitrogens with one attached hydrogen (secondary N) is 2. The number of aryl methyl sites for hydroxylation is 1. The van der Waals surface area contributed by atoms with Crippen LogP contribution in [0.2, 0.25) is 10.0 Å². The zero-order valence-corrected chi connectivity index (χ0v) is 17.7. The quantitative estimate of drug-likeness (QED) is 0.716. The van der Waals surface area contributed by atoms with Crippen LogP contribution in [0, 0.1) is 6.92 Å². The summed E-state index contributed by atoms with van der Waals surface area (Å²) in [5.41, 5.74) is 1.31. The third-order valence-electron chi connectivity index (χ3n) is 3.77. The van der Waals surface area contributed by atoms with Crippen molar-refractivity contribution in [1.82, 2.24) is 9.62 Å². The number of nitrogens with zero attached hydrogens (tertiary/aromatic N) is 1. The first-order valence-corrected chi connectivity index (χ1v) is 10.3. The summed E-state index contributed by atoms with van der Waals surface area (Å²) in [6.07, 6.45) is 0. The molecule has 0 heterocycles. The number of sulfonamides is 1. The van der Waals surface area contributed by atoms with Crippen LogP contribution >= 0.6 is 23.2 Å². The van der Waals surface area contributed by atoms with Gasteiger partial charge < -0.3 is 10.6 Å². The van der Waals surface area contributed by atoms with Gasteiger partial charge in [0, 0.05) is 14.1 Å². The Balaban J connectivity index is 2.09. The van der Waals surface area contributed by atoms with Crippen molar-refractivity contribution in [3.05, 3.63) is 57.6 Å². The molecule has 2 aromatic carbocycles. The molecular weight excluding hydrogens is 425 g/mol. The van der Waals surface area contributed by atoms with E-state index < -0.39 is 21.8 Å². The summed E-state index contributed by atoms with van der Waals surface area (Å²) in [5, 5.41) is 5.45. The Labute approximate surface area is 173 Å². The van der Waals surface area contributed by atoms with E-state index in [9.17, 15) is 18.0 Å². The number of rotatable bonds is 6. The van der Waals surface area contributed by atoms with Crippen molar-refractivity contribution in [2.75, 3.05) is 26.0 Å². The molecule has 0 radical (unpaired) electrons. The lowest BCUT2D eigenvalue weighted by molar-refractivity contribution is -0.115. The van der Waals surface area contributed by atoms with Crippen LogP contribution in [0.5, 0.6) is 0 Å². The molecule has 0 aliphatic carbocycles. The summed E-state index contributed by atoms with van der Waals surface area (Å²) >= 11 is 12.1. The summed E-state index contributed by atoms with van der Waals surface area (Å²) in [5.74, 6) is -1.17. The van der Waals surface area contributed by atoms with Crippen LogP contribution < -0.4 is 10.6 Å². The normalized spacial score (nSPS) is 11.4. The molecule has 10 heteroatoms. The van der Waals surface area contributed by atoms with Gasteiger partial charge in [0.15, 0.2) is 0 Å². The van der Waals surface area contributed by atoms with Crippen molar-refractivity contribution in [2.45, 2.75) is 11.8 Å². The summed E-state index contributed by atoms with van der Waals surface area (Å²) < 4.78 is 25.5. The molecule has 0 spiro atoms. The maximum absolute atomic E-state index is 12.4. The van der Waals surface area contributed by atoms with E-state index in [0.717, 1.165) is 9.87 Å². The average Bonchev–Trinajstić information content (AvgIpc) is 2.62. The summed E-state index contributed by atoms with van der Waals surface area (Å²) in [4.78, 5) is 24.4. The minimum atomic E-state index is -3.73. The van der Waals surface area contributed by atoms with Crippen molar-refractivity contribution in [3.8, 4) is 0 Å². The van der Waals surface area contributed by atoms with Gasteiger partial charge >= 0.3 is 0 Å². The van der Waals surface area contributed by atoms with Crippen LogP contribution in [-0.2, 0) is 14.8 Å². The first-order chi connectivity index (χ1) is 13.0. The largest absolute Gasteiger partial charge is 0.343 e. The fourth-order valence-electron chi connectivity index (χ4n) is 2.22. The number of anilines is 1. The Bertz CT molecular complexity index is 1020. The third-order valence-corrected chi connectivity index (χ3v) is 6.22. The number of hydrogen-bond donors (Lipinski definition) is 2. The lowest BCUT2D eigenvalue weighted by Crippen LogP contribution is -2.33. The molecule has 0 atom stereocenters. The van der Waals surface area contributed by atoms with Gasteiger partial charge in [-0.3, -0.25) is 9.59 Å².